The fourth-order valence-electron chi connectivity index (χ4n) is 5.60. The number of aromatic nitrogens is 1. The minimum Gasteiger partial charge on any atom is -0.493 e. The molecule has 0 saturated heterocycles. The summed E-state index contributed by atoms with van der Waals surface area (Å²) in [4.78, 5) is 21.9. The number of allylic oxidation sites excluding steroid dienone is 1. The van der Waals surface area contributed by atoms with Gasteiger partial charge in [0.2, 0.25) is 0 Å². The summed E-state index contributed by atoms with van der Waals surface area (Å²) in [7, 11) is 3.25. The van der Waals surface area contributed by atoms with Crippen LogP contribution < -0.4 is 29.3 Å². The SMILES string of the molecule is CCN(CC)c1ccc(/C=c2\sc3n(c2=O)[C@@H](c2ccc(OC)c(OC)c2)C2=C(N=3)c3ccccc3CC2)o1. The normalized spacial score (nSPS) is 16.3. The number of hydrogen-bond donors (Lipinski definition) is 0. The Morgan fingerprint density at radius 2 is 1.85 bits per heavy atom. The van der Waals surface area contributed by atoms with Crippen LogP contribution in [0, 0.1) is 0 Å². The van der Waals surface area contributed by atoms with Gasteiger partial charge in [-0.25, -0.2) is 4.99 Å². The fraction of sp³-hybridized carbons (Fsp3) is 0.290. The molecular formula is C31H31N3O4S. The average Bonchev–Trinajstić information content (AvgIpc) is 3.56. The average molecular weight is 542 g/mol. The highest BCUT2D eigenvalue weighted by Crippen LogP contribution is 2.42. The van der Waals surface area contributed by atoms with Gasteiger partial charge in [-0.05, 0) is 61.6 Å². The van der Waals surface area contributed by atoms with Crippen LogP contribution in [-0.4, -0.2) is 31.9 Å². The number of ether oxygens (including phenoxy) is 2. The summed E-state index contributed by atoms with van der Waals surface area (Å²) in [6.45, 7) is 5.89. The molecule has 0 saturated carbocycles. The van der Waals surface area contributed by atoms with E-state index >= 15 is 0 Å². The Hall–Kier alpha value is -4.04. The van der Waals surface area contributed by atoms with Gasteiger partial charge in [-0.1, -0.05) is 41.7 Å². The quantitative estimate of drug-likeness (QED) is 0.337. The Morgan fingerprint density at radius 1 is 1.05 bits per heavy atom. The van der Waals surface area contributed by atoms with Crippen molar-refractivity contribution in [2.24, 2.45) is 4.99 Å². The predicted octanol–water partition coefficient (Wildman–Crippen LogP) is 4.78. The molecule has 3 heterocycles. The van der Waals surface area contributed by atoms with Crippen molar-refractivity contribution in [3.05, 3.63) is 102 Å². The second kappa shape index (κ2) is 10.3. The Kier molecular flexibility index (Phi) is 6.64. The first-order valence-corrected chi connectivity index (χ1v) is 14.1. The van der Waals surface area contributed by atoms with E-state index in [1.54, 1.807) is 14.2 Å². The maximum atomic E-state index is 14.0. The molecule has 39 heavy (non-hydrogen) atoms. The van der Waals surface area contributed by atoms with Gasteiger partial charge in [0.25, 0.3) is 5.56 Å². The molecule has 4 aromatic rings. The van der Waals surface area contributed by atoms with Gasteiger partial charge in [0.1, 0.15) is 5.76 Å². The molecule has 0 fully saturated rings. The van der Waals surface area contributed by atoms with Crippen molar-refractivity contribution in [3.8, 4) is 11.5 Å². The summed E-state index contributed by atoms with van der Waals surface area (Å²) in [5.74, 6) is 2.74. The molecule has 7 nitrogen and oxygen atoms in total. The summed E-state index contributed by atoms with van der Waals surface area (Å²) in [5.41, 5.74) is 5.41. The molecule has 0 bridgehead atoms. The fourth-order valence-corrected chi connectivity index (χ4v) is 6.58. The lowest BCUT2D eigenvalue weighted by atomic mass is 9.83. The molecule has 0 radical (unpaired) electrons. The van der Waals surface area contributed by atoms with Crippen molar-refractivity contribution in [1.29, 1.82) is 0 Å². The van der Waals surface area contributed by atoms with Crippen LogP contribution in [0.5, 0.6) is 11.5 Å². The van der Waals surface area contributed by atoms with Crippen LogP contribution in [0.4, 0.5) is 5.88 Å². The molecular weight excluding hydrogens is 510 g/mol. The minimum atomic E-state index is -0.297. The molecule has 0 amide bonds. The number of nitrogens with zero attached hydrogens (tertiary/aromatic N) is 3. The third kappa shape index (κ3) is 4.29. The van der Waals surface area contributed by atoms with Gasteiger partial charge in [0.05, 0.1) is 30.5 Å². The summed E-state index contributed by atoms with van der Waals surface area (Å²) < 4.78 is 19.6. The zero-order valence-electron chi connectivity index (χ0n) is 22.6. The molecule has 0 unspecified atom stereocenters. The first-order valence-electron chi connectivity index (χ1n) is 13.3. The first-order chi connectivity index (χ1) is 19.1. The van der Waals surface area contributed by atoms with E-state index < -0.39 is 0 Å². The van der Waals surface area contributed by atoms with Crippen LogP contribution >= 0.6 is 11.3 Å². The van der Waals surface area contributed by atoms with Gasteiger partial charge in [-0.15, -0.1) is 0 Å². The number of furan rings is 1. The van der Waals surface area contributed by atoms with Crippen molar-refractivity contribution in [3.63, 3.8) is 0 Å². The van der Waals surface area contributed by atoms with Crippen LogP contribution in [0.2, 0.25) is 0 Å². The third-order valence-electron chi connectivity index (χ3n) is 7.56. The highest BCUT2D eigenvalue weighted by molar-refractivity contribution is 7.07. The molecule has 0 spiro atoms. The molecule has 1 aliphatic heterocycles. The first kappa shape index (κ1) is 25.2. The molecule has 2 aromatic carbocycles. The zero-order valence-corrected chi connectivity index (χ0v) is 23.4. The predicted molar refractivity (Wildman–Crippen MR) is 155 cm³/mol. The Balaban J connectivity index is 1.56. The third-order valence-corrected chi connectivity index (χ3v) is 8.54. The summed E-state index contributed by atoms with van der Waals surface area (Å²) in [6, 6.07) is 17.9. The number of anilines is 1. The number of methoxy groups -OCH3 is 2. The van der Waals surface area contributed by atoms with Gasteiger partial charge >= 0.3 is 0 Å². The summed E-state index contributed by atoms with van der Waals surface area (Å²) in [5, 5.41) is 0. The molecule has 200 valence electrons. The van der Waals surface area contributed by atoms with E-state index in [0.29, 0.717) is 26.6 Å². The van der Waals surface area contributed by atoms with Gasteiger partial charge in [-0.2, -0.15) is 0 Å². The smallest absolute Gasteiger partial charge is 0.271 e. The van der Waals surface area contributed by atoms with E-state index in [4.69, 9.17) is 18.9 Å². The number of fused-ring (bicyclic) bond motifs is 3. The van der Waals surface area contributed by atoms with Crippen LogP contribution in [0.1, 0.15) is 48.8 Å². The van der Waals surface area contributed by atoms with Gasteiger partial charge in [0, 0.05) is 30.8 Å². The number of aryl methyl sites for hydroxylation is 1. The van der Waals surface area contributed by atoms with E-state index in [1.165, 1.54) is 16.9 Å². The Morgan fingerprint density at radius 3 is 2.62 bits per heavy atom. The van der Waals surface area contributed by atoms with E-state index in [1.807, 2.05) is 41.0 Å². The van der Waals surface area contributed by atoms with Gasteiger partial charge < -0.3 is 18.8 Å². The number of thiazole rings is 1. The van der Waals surface area contributed by atoms with Crippen molar-refractivity contribution in [2.45, 2.75) is 32.7 Å². The van der Waals surface area contributed by atoms with Gasteiger partial charge in [-0.3, -0.25) is 9.36 Å². The summed E-state index contributed by atoms with van der Waals surface area (Å²) >= 11 is 1.40. The molecule has 0 N–H and O–H groups in total. The van der Waals surface area contributed by atoms with Gasteiger partial charge in [0.15, 0.2) is 22.2 Å². The molecule has 2 aliphatic rings. The van der Waals surface area contributed by atoms with Crippen LogP contribution in [0.15, 0.2) is 74.4 Å². The molecule has 1 atom stereocenters. The number of rotatable bonds is 7. The second-order valence-corrected chi connectivity index (χ2v) is 10.6. The molecule has 8 heteroatoms. The zero-order chi connectivity index (χ0) is 27.1. The highest BCUT2D eigenvalue weighted by atomic mass is 32.1. The van der Waals surface area contributed by atoms with E-state index in [9.17, 15) is 4.79 Å². The molecule has 6 rings (SSSR count). The lowest BCUT2D eigenvalue weighted by Gasteiger charge is -2.31. The second-order valence-electron chi connectivity index (χ2n) is 9.58. The maximum absolute atomic E-state index is 14.0. The standard InChI is InChI=1S/C31H31N3O4S/c1-5-33(6-2)27-16-13-21(38-27)18-26-30(35)34-29(20-12-15-24(36-3)25(17-20)37-4)23-14-11-19-9-7-8-10-22(19)28(23)32-31(34)39-26/h7-10,12-13,15-18,29H,5-6,11,14H2,1-4H3/b26-18-/t29-/m0/s1. The number of hydrogen-bond acceptors (Lipinski definition) is 7. The lowest BCUT2D eigenvalue weighted by Crippen LogP contribution is -2.38. The Labute approximate surface area is 230 Å². The van der Waals surface area contributed by atoms with E-state index in [2.05, 4.69) is 43.0 Å². The minimum absolute atomic E-state index is 0.0790. The van der Waals surface area contributed by atoms with Crippen molar-refractivity contribution in [1.82, 2.24) is 4.57 Å². The topological polar surface area (TPSA) is 69.2 Å². The van der Waals surface area contributed by atoms with Crippen molar-refractivity contribution >= 4 is 29.0 Å². The Bertz CT molecular complexity index is 1760. The highest BCUT2D eigenvalue weighted by Gasteiger charge is 2.33. The monoisotopic (exact) mass is 541 g/mol. The molecule has 1 aliphatic carbocycles. The number of benzene rings is 2. The van der Waals surface area contributed by atoms with Crippen molar-refractivity contribution in [2.75, 3.05) is 32.2 Å². The van der Waals surface area contributed by atoms with Crippen molar-refractivity contribution < 1.29 is 13.9 Å². The largest absolute Gasteiger partial charge is 0.493 e. The molecule has 2 aromatic heterocycles. The van der Waals surface area contributed by atoms with Crippen LogP contribution in [-0.2, 0) is 6.42 Å². The van der Waals surface area contributed by atoms with E-state index in [-0.39, 0.29) is 11.6 Å². The summed E-state index contributed by atoms with van der Waals surface area (Å²) in [6.07, 6.45) is 3.56. The van der Waals surface area contributed by atoms with Crippen LogP contribution in [0.25, 0.3) is 11.8 Å². The maximum Gasteiger partial charge on any atom is 0.271 e. The van der Waals surface area contributed by atoms with E-state index in [0.717, 1.165) is 54.2 Å². The van der Waals surface area contributed by atoms with Crippen LogP contribution in [0.3, 0.4) is 0 Å². The lowest BCUT2D eigenvalue weighted by molar-refractivity contribution is 0.354.